The molecule has 0 aromatic carbocycles. The van der Waals surface area contributed by atoms with Crippen LogP contribution in [0.2, 0.25) is 0 Å². The maximum Gasteiger partial charge on any atom is 0.214 e. The van der Waals surface area contributed by atoms with Crippen LogP contribution in [0, 0.1) is 11.8 Å². The molecule has 1 aromatic heterocycles. The normalized spacial score (nSPS) is 26.8. The number of ether oxygens (including phenoxy) is 1. The molecule has 1 saturated carbocycles. The van der Waals surface area contributed by atoms with Crippen LogP contribution >= 0.6 is 0 Å². The van der Waals surface area contributed by atoms with Gasteiger partial charge in [-0.3, -0.25) is 0 Å². The third-order valence-electron chi connectivity index (χ3n) is 4.49. The third kappa shape index (κ3) is 3.72. The van der Waals surface area contributed by atoms with Crippen LogP contribution in [0.1, 0.15) is 64.1 Å². The van der Waals surface area contributed by atoms with E-state index in [9.17, 15) is 5.11 Å². The summed E-state index contributed by atoms with van der Waals surface area (Å²) in [5.74, 6) is 2.51. The van der Waals surface area contributed by atoms with Crippen LogP contribution < -0.4 is 4.74 Å². The predicted molar refractivity (Wildman–Crippen MR) is 80.8 cm³/mol. The molecular weight excluding hydrogens is 250 g/mol. The van der Waals surface area contributed by atoms with Gasteiger partial charge in [0.05, 0.1) is 6.61 Å². The highest BCUT2D eigenvalue weighted by Gasteiger charge is 2.26. The van der Waals surface area contributed by atoms with E-state index in [-0.39, 0.29) is 12.7 Å². The lowest BCUT2D eigenvalue weighted by Crippen LogP contribution is -2.29. The number of aromatic nitrogens is 1. The van der Waals surface area contributed by atoms with E-state index in [1.54, 1.807) is 0 Å². The largest absolute Gasteiger partial charge is 0.474 e. The number of pyridine rings is 1. The van der Waals surface area contributed by atoms with Gasteiger partial charge in [0.1, 0.15) is 6.10 Å². The second-order valence-corrected chi connectivity index (χ2v) is 6.56. The molecule has 3 atom stereocenters. The summed E-state index contributed by atoms with van der Waals surface area (Å²) >= 11 is 0. The first kappa shape index (κ1) is 15.3. The van der Waals surface area contributed by atoms with Gasteiger partial charge in [-0.2, -0.15) is 0 Å². The van der Waals surface area contributed by atoms with E-state index in [1.165, 1.54) is 6.42 Å². The minimum absolute atomic E-state index is 0.0384. The van der Waals surface area contributed by atoms with Gasteiger partial charge in [-0.05, 0) is 48.6 Å². The minimum atomic E-state index is 0.0384. The van der Waals surface area contributed by atoms with Crippen LogP contribution in [0.15, 0.2) is 12.1 Å². The van der Waals surface area contributed by atoms with Gasteiger partial charge in [0.15, 0.2) is 0 Å². The Morgan fingerprint density at radius 3 is 2.60 bits per heavy atom. The van der Waals surface area contributed by atoms with Crippen molar-refractivity contribution < 1.29 is 9.84 Å². The molecule has 0 aliphatic heterocycles. The number of aliphatic hydroxyl groups excluding tert-OH is 1. The molecule has 1 fully saturated rings. The van der Waals surface area contributed by atoms with Crippen LogP contribution in [-0.2, 0) is 6.61 Å². The topological polar surface area (TPSA) is 42.4 Å². The Bertz CT molecular complexity index is 445. The zero-order chi connectivity index (χ0) is 14.7. The Hall–Kier alpha value is -1.09. The summed E-state index contributed by atoms with van der Waals surface area (Å²) in [6.45, 7) is 8.88. The minimum Gasteiger partial charge on any atom is -0.474 e. The van der Waals surface area contributed by atoms with E-state index in [2.05, 4.69) is 32.7 Å². The lowest BCUT2D eigenvalue weighted by molar-refractivity contribution is 0.0959. The van der Waals surface area contributed by atoms with Gasteiger partial charge in [-0.25, -0.2) is 4.98 Å². The molecule has 0 radical (unpaired) electrons. The van der Waals surface area contributed by atoms with E-state index in [4.69, 9.17) is 4.74 Å². The lowest BCUT2D eigenvalue weighted by atomic mass is 9.80. The first-order valence-corrected chi connectivity index (χ1v) is 7.78. The summed E-state index contributed by atoms with van der Waals surface area (Å²) in [5.41, 5.74) is 1.87. The predicted octanol–water partition coefficient (Wildman–Crippen LogP) is 3.90. The Labute approximate surface area is 122 Å². The second kappa shape index (κ2) is 6.57. The van der Waals surface area contributed by atoms with Crippen molar-refractivity contribution in [1.29, 1.82) is 0 Å². The van der Waals surface area contributed by atoms with Crippen LogP contribution in [0.25, 0.3) is 0 Å². The molecule has 1 aliphatic carbocycles. The maximum absolute atomic E-state index is 9.37. The SMILES string of the molecule is CC(C)c1cc(CO)cc(OC2CCC(C)C(C)C2)n1. The molecule has 1 aromatic rings. The number of nitrogens with zero attached hydrogens (tertiary/aromatic N) is 1. The van der Waals surface area contributed by atoms with Crippen LogP contribution in [-0.4, -0.2) is 16.2 Å². The van der Waals surface area contributed by atoms with E-state index < -0.39 is 0 Å². The number of aliphatic hydroxyl groups is 1. The first-order chi connectivity index (χ1) is 9.49. The first-order valence-electron chi connectivity index (χ1n) is 7.78. The van der Waals surface area contributed by atoms with Gasteiger partial charge in [-0.1, -0.05) is 27.7 Å². The molecule has 3 unspecified atom stereocenters. The highest BCUT2D eigenvalue weighted by Crippen LogP contribution is 2.32. The summed E-state index contributed by atoms with van der Waals surface area (Å²) in [5, 5.41) is 9.37. The van der Waals surface area contributed by atoms with Crippen molar-refractivity contribution in [3.63, 3.8) is 0 Å². The molecule has 1 heterocycles. The summed E-state index contributed by atoms with van der Waals surface area (Å²) in [4.78, 5) is 4.59. The van der Waals surface area contributed by atoms with Gasteiger partial charge in [0, 0.05) is 11.8 Å². The smallest absolute Gasteiger partial charge is 0.214 e. The van der Waals surface area contributed by atoms with Crippen molar-refractivity contribution in [2.45, 2.75) is 65.6 Å². The molecule has 0 amide bonds. The number of rotatable bonds is 4. The van der Waals surface area contributed by atoms with E-state index in [0.717, 1.165) is 30.0 Å². The standard InChI is InChI=1S/C17H27NO2/c1-11(2)16-8-14(10-19)9-17(18-16)20-15-6-5-12(3)13(4)7-15/h8-9,11-13,15,19H,5-7,10H2,1-4H3. The molecule has 20 heavy (non-hydrogen) atoms. The van der Waals surface area contributed by atoms with Crippen molar-refractivity contribution in [3.8, 4) is 5.88 Å². The van der Waals surface area contributed by atoms with E-state index in [0.29, 0.717) is 17.7 Å². The summed E-state index contributed by atoms with van der Waals surface area (Å²) in [7, 11) is 0. The molecule has 3 nitrogen and oxygen atoms in total. The average Bonchev–Trinajstić information content (AvgIpc) is 2.42. The van der Waals surface area contributed by atoms with Crippen molar-refractivity contribution in [1.82, 2.24) is 4.98 Å². The lowest BCUT2D eigenvalue weighted by Gasteiger charge is -2.32. The molecular formula is C17H27NO2. The highest BCUT2D eigenvalue weighted by molar-refractivity contribution is 5.26. The van der Waals surface area contributed by atoms with Crippen molar-refractivity contribution in [3.05, 3.63) is 23.4 Å². The fraction of sp³-hybridized carbons (Fsp3) is 0.706. The molecule has 0 bridgehead atoms. The monoisotopic (exact) mass is 277 g/mol. The number of hydrogen-bond donors (Lipinski definition) is 1. The van der Waals surface area contributed by atoms with Crippen LogP contribution in [0.4, 0.5) is 0 Å². The fourth-order valence-corrected chi connectivity index (χ4v) is 2.81. The molecule has 1 N–H and O–H groups in total. The van der Waals surface area contributed by atoms with E-state index in [1.807, 2.05) is 12.1 Å². The van der Waals surface area contributed by atoms with Crippen LogP contribution in [0.3, 0.4) is 0 Å². The molecule has 0 saturated heterocycles. The van der Waals surface area contributed by atoms with Crippen molar-refractivity contribution in [2.24, 2.45) is 11.8 Å². The zero-order valence-electron chi connectivity index (χ0n) is 13.1. The Morgan fingerprint density at radius 1 is 1.25 bits per heavy atom. The quantitative estimate of drug-likeness (QED) is 0.907. The second-order valence-electron chi connectivity index (χ2n) is 6.56. The van der Waals surface area contributed by atoms with Crippen molar-refractivity contribution in [2.75, 3.05) is 0 Å². The highest BCUT2D eigenvalue weighted by atomic mass is 16.5. The molecule has 112 valence electrons. The molecule has 0 spiro atoms. The Kier molecular flexibility index (Phi) is 5.03. The van der Waals surface area contributed by atoms with Gasteiger partial charge < -0.3 is 9.84 Å². The molecule has 3 heteroatoms. The maximum atomic E-state index is 9.37. The summed E-state index contributed by atoms with van der Waals surface area (Å²) < 4.78 is 6.09. The Morgan fingerprint density at radius 2 is 2.00 bits per heavy atom. The summed E-state index contributed by atoms with van der Waals surface area (Å²) in [6.07, 6.45) is 3.70. The van der Waals surface area contributed by atoms with Crippen molar-refractivity contribution >= 4 is 0 Å². The Balaban J connectivity index is 2.10. The van der Waals surface area contributed by atoms with Crippen LogP contribution in [0.5, 0.6) is 5.88 Å². The molecule has 1 aliphatic rings. The molecule has 2 rings (SSSR count). The van der Waals surface area contributed by atoms with Gasteiger partial charge in [-0.15, -0.1) is 0 Å². The van der Waals surface area contributed by atoms with Gasteiger partial charge >= 0.3 is 0 Å². The van der Waals surface area contributed by atoms with Gasteiger partial charge in [0.25, 0.3) is 0 Å². The average molecular weight is 277 g/mol. The van der Waals surface area contributed by atoms with Gasteiger partial charge in [0.2, 0.25) is 5.88 Å². The van der Waals surface area contributed by atoms with E-state index >= 15 is 0 Å². The third-order valence-corrected chi connectivity index (χ3v) is 4.49. The number of hydrogen-bond acceptors (Lipinski definition) is 3. The zero-order valence-corrected chi connectivity index (χ0v) is 13.1. The fourth-order valence-electron chi connectivity index (χ4n) is 2.81. The summed E-state index contributed by atoms with van der Waals surface area (Å²) in [6, 6.07) is 3.83.